The number of ketones is 1. The Hall–Kier alpha value is -3.78. The van der Waals surface area contributed by atoms with Gasteiger partial charge < -0.3 is 9.73 Å². The first kappa shape index (κ1) is 21.5. The smallest absolute Gasteiger partial charge is 0.276 e. The van der Waals surface area contributed by atoms with Crippen molar-refractivity contribution in [3.63, 3.8) is 0 Å². The maximum atomic E-state index is 13.0. The molecule has 0 unspecified atom stereocenters. The maximum absolute atomic E-state index is 13.0. The molecule has 1 N–H and O–H groups in total. The Labute approximate surface area is 187 Å². The van der Waals surface area contributed by atoms with Gasteiger partial charge in [-0.05, 0) is 36.4 Å². The first-order chi connectivity index (χ1) is 15.6. The summed E-state index contributed by atoms with van der Waals surface area (Å²) in [5.74, 6) is -0.0450. The molecule has 3 aromatic carbocycles. The first-order valence-electron chi connectivity index (χ1n) is 9.81. The van der Waals surface area contributed by atoms with Gasteiger partial charge in [0.2, 0.25) is 11.8 Å². The number of nitrogens with zero attached hydrogens (tertiary/aromatic N) is 2. The van der Waals surface area contributed by atoms with Gasteiger partial charge in [0.15, 0.2) is 5.78 Å². The molecule has 0 aliphatic heterocycles. The lowest BCUT2D eigenvalue weighted by atomic mass is 10.0. The number of aromatic nitrogens is 2. The molecule has 0 fully saturated rings. The lowest BCUT2D eigenvalue weighted by Gasteiger charge is -2.10. The van der Waals surface area contributed by atoms with Crippen LogP contribution in [0.2, 0.25) is 0 Å². The molecule has 0 saturated heterocycles. The van der Waals surface area contributed by atoms with E-state index in [1.807, 2.05) is 6.07 Å². The highest BCUT2D eigenvalue weighted by atomic mass is 32.2. The Balaban J connectivity index is 1.33. The highest BCUT2D eigenvalue weighted by Crippen LogP contribution is 2.24. The second kappa shape index (κ2) is 10.0. The predicted molar refractivity (Wildman–Crippen MR) is 120 cm³/mol. The molecule has 4 aromatic rings. The van der Waals surface area contributed by atoms with Crippen molar-refractivity contribution in [2.75, 3.05) is 11.1 Å². The van der Waals surface area contributed by atoms with Crippen molar-refractivity contribution >= 4 is 29.1 Å². The largest absolute Gasteiger partial charge is 0.411 e. The molecule has 0 aliphatic rings. The predicted octanol–water partition coefficient (Wildman–Crippen LogP) is 5.23. The summed E-state index contributed by atoms with van der Waals surface area (Å²) in [5.41, 5.74) is 2.06. The molecule has 6 nitrogen and oxygen atoms in total. The average molecular weight is 447 g/mol. The van der Waals surface area contributed by atoms with Crippen molar-refractivity contribution in [1.82, 2.24) is 10.2 Å². The van der Waals surface area contributed by atoms with Crippen LogP contribution in [0.3, 0.4) is 0 Å². The molecule has 0 saturated carbocycles. The van der Waals surface area contributed by atoms with E-state index < -0.39 is 0 Å². The second-order valence-electron chi connectivity index (χ2n) is 6.77. The molecule has 0 atom stereocenters. The summed E-state index contributed by atoms with van der Waals surface area (Å²) in [4.78, 5) is 25.2. The quantitative estimate of drug-likeness (QED) is 0.294. The standard InChI is InChI=1S/C24H18FN3O3S/c25-18-12-10-17(11-13-18)23-27-28-24(31-23)32-15-14-21(29)26-20-9-5-4-8-19(20)22(30)16-6-2-1-3-7-16/h1-13H,14-15H2,(H,26,29). The molecular weight excluding hydrogens is 429 g/mol. The molecule has 1 aromatic heterocycles. The molecule has 1 amide bonds. The second-order valence-corrected chi connectivity index (χ2v) is 7.81. The maximum Gasteiger partial charge on any atom is 0.276 e. The van der Waals surface area contributed by atoms with Crippen molar-refractivity contribution in [3.05, 3.63) is 95.8 Å². The van der Waals surface area contributed by atoms with Crippen LogP contribution in [0.1, 0.15) is 22.3 Å². The van der Waals surface area contributed by atoms with Crippen LogP contribution in [0.25, 0.3) is 11.5 Å². The molecule has 4 rings (SSSR count). The highest BCUT2D eigenvalue weighted by Gasteiger charge is 2.15. The molecule has 0 spiro atoms. The number of halogens is 1. The Morgan fingerprint density at radius 2 is 1.62 bits per heavy atom. The van der Waals surface area contributed by atoms with Gasteiger partial charge in [0, 0.05) is 28.9 Å². The molecule has 32 heavy (non-hydrogen) atoms. The normalized spacial score (nSPS) is 10.7. The van der Waals surface area contributed by atoms with E-state index >= 15 is 0 Å². The van der Waals surface area contributed by atoms with Crippen LogP contribution in [0.4, 0.5) is 10.1 Å². The van der Waals surface area contributed by atoms with Gasteiger partial charge in [-0.15, -0.1) is 10.2 Å². The van der Waals surface area contributed by atoms with Crippen LogP contribution in [-0.2, 0) is 4.79 Å². The number of rotatable bonds is 8. The van der Waals surface area contributed by atoms with E-state index in [0.29, 0.717) is 33.4 Å². The zero-order valence-electron chi connectivity index (χ0n) is 16.8. The van der Waals surface area contributed by atoms with Crippen molar-refractivity contribution in [2.45, 2.75) is 11.6 Å². The van der Waals surface area contributed by atoms with Gasteiger partial charge in [-0.3, -0.25) is 9.59 Å². The van der Waals surface area contributed by atoms with E-state index in [2.05, 4.69) is 15.5 Å². The molecule has 8 heteroatoms. The molecule has 0 bridgehead atoms. The van der Waals surface area contributed by atoms with Gasteiger partial charge in [0.1, 0.15) is 5.82 Å². The van der Waals surface area contributed by atoms with Crippen molar-refractivity contribution < 1.29 is 18.4 Å². The van der Waals surface area contributed by atoms with Gasteiger partial charge in [0.25, 0.3) is 5.22 Å². The van der Waals surface area contributed by atoms with Crippen LogP contribution in [-0.4, -0.2) is 27.6 Å². The Bertz CT molecular complexity index is 1230. The van der Waals surface area contributed by atoms with Crippen LogP contribution < -0.4 is 5.32 Å². The van der Waals surface area contributed by atoms with E-state index in [4.69, 9.17) is 4.42 Å². The number of para-hydroxylation sites is 1. The summed E-state index contributed by atoms with van der Waals surface area (Å²) in [6.45, 7) is 0. The average Bonchev–Trinajstić information content (AvgIpc) is 3.29. The van der Waals surface area contributed by atoms with E-state index in [1.54, 1.807) is 60.7 Å². The molecule has 0 aliphatic carbocycles. The fraction of sp³-hybridized carbons (Fsp3) is 0.0833. The van der Waals surface area contributed by atoms with Gasteiger partial charge in [-0.25, -0.2) is 4.39 Å². The zero-order valence-corrected chi connectivity index (χ0v) is 17.6. The summed E-state index contributed by atoms with van der Waals surface area (Å²) >= 11 is 1.24. The Morgan fingerprint density at radius 3 is 2.41 bits per heavy atom. The van der Waals surface area contributed by atoms with Gasteiger partial charge in [-0.1, -0.05) is 54.2 Å². The van der Waals surface area contributed by atoms with Crippen LogP contribution in [0.15, 0.2) is 88.5 Å². The van der Waals surface area contributed by atoms with E-state index in [1.165, 1.54) is 23.9 Å². The molecule has 1 heterocycles. The molecule has 160 valence electrons. The Morgan fingerprint density at radius 1 is 0.906 bits per heavy atom. The zero-order chi connectivity index (χ0) is 22.3. The number of carbonyl (C=O) groups is 2. The van der Waals surface area contributed by atoms with E-state index in [9.17, 15) is 14.0 Å². The Kier molecular flexibility index (Phi) is 6.72. The topological polar surface area (TPSA) is 85.1 Å². The fourth-order valence-electron chi connectivity index (χ4n) is 2.96. The third-order valence-corrected chi connectivity index (χ3v) is 5.35. The number of hydrogen-bond donors (Lipinski definition) is 1. The third-order valence-electron chi connectivity index (χ3n) is 4.53. The number of nitrogens with one attached hydrogen (secondary N) is 1. The first-order valence-corrected chi connectivity index (χ1v) is 10.8. The van der Waals surface area contributed by atoms with Crippen LogP contribution >= 0.6 is 11.8 Å². The minimum Gasteiger partial charge on any atom is -0.411 e. The minimum atomic E-state index is -0.346. The van der Waals surface area contributed by atoms with E-state index in [0.717, 1.165) is 0 Å². The van der Waals surface area contributed by atoms with Crippen LogP contribution in [0, 0.1) is 5.82 Å². The van der Waals surface area contributed by atoms with Gasteiger partial charge in [-0.2, -0.15) is 0 Å². The number of benzene rings is 3. The van der Waals surface area contributed by atoms with Crippen molar-refractivity contribution in [2.24, 2.45) is 0 Å². The number of carbonyl (C=O) groups excluding carboxylic acids is 2. The summed E-state index contributed by atoms with van der Waals surface area (Å²) in [7, 11) is 0. The number of thioether (sulfide) groups is 1. The van der Waals surface area contributed by atoms with E-state index in [-0.39, 0.29) is 29.8 Å². The number of hydrogen-bond acceptors (Lipinski definition) is 6. The molecule has 0 radical (unpaired) electrons. The summed E-state index contributed by atoms with van der Waals surface area (Å²) in [6.07, 6.45) is 0.187. The lowest BCUT2D eigenvalue weighted by molar-refractivity contribution is -0.115. The highest BCUT2D eigenvalue weighted by molar-refractivity contribution is 7.99. The van der Waals surface area contributed by atoms with Crippen LogP contribution in [0.5, 0.6) is 0 Å². The van der Waals surface area contributed by atoms with Crippen molar-refractivity contribution in [1.29, 1.82) is 0 Å². The number of amides is 1. The minimum absolute atomic E-state index is 0.157. The van der Waals surface area contributed by atoms with Gasteiger partial charge in [0.05, 0.1) is 5.69 Å². The monoisotopic (exact) mass is 447 g/mol. The van der Waals surface area contributed by atoms with Crippen molar-refractivity contribution in [3.8, 4) is 11.5 Å². The third kappa shape index (κ3) is 5.28. The fourth-order valence-corrected chi connectivity index (χ4v) is 3.65. The summed E-state index contributed by atoms with van der Waals surface area (Å²) < 4.78 is 18.6. The number of anilines is 1. The molecular formula is C24H18FN3O3S. The van der Waals surface area contributed by atoms with Gasteiger partial charge >= 0.3 is 0 Å². The summed E-state index contributed by atoms with van der Waals surface area (Å²) in [6, 6.07) is 21.6. The SMILES string of the molecule is O=C(CCSc1nnc(-c2ccc(F)cc2)o1)Nc1ccccc1C(=O)c1ccccc1. The lowest BCUT2D eigenvalue weighted by Crippen LogP contribution is -2.15. The summed E-state index contributed by atoms with van der Waals surface area (Å²) in [5, 5.41) is 11.0.